The Morgan fingerprint density at radius 2 is 1.23 bits per heavy atom. The van der Waals surface area contributed by atoms with Crippen molar-refractivity contribution in [3.63, 3.8) is 0 Å². The normalized spacial score (nSPS) is 10.6. The Hall–Kier alpha value is -2.37. The van der Waals surface area contributed by atoms with Gasteiger partial charge in [-0.2, -0.15) is 0 Å². The van der Waals surface area contributed by atoms with Crippen molar-refractivity contribution in [1.82, 2.24) is 5.32 Å². The summed E-state index contributed by atoms with van der Waals surface area (Å²) in [6, 6.07) is 6.44. The first-order valence-electron chi connectivity index (χ1n) is 11.9. The number of carboxylic acids is 1. The van der Waals surface area contributed by atoms with E-state index in [0.717, 1.165) is 12.8 Å². The summed E-state index contributed by atoms with van der Waals surface area (Å²) in [4.78, 5) is 34.3. The van der Waals surface area contributed by atoms with Crippen molar-refractivity contribution in [2.24, 2.45) is 0 Å². The highest BCUT2D eigenvalue weighted by Gasteiger charge is 2.08. The van der Waals surface area contributed by atoms with Gasteiger partial charge in [0.15, 0.2) is 0 Å². The summed E-state index contributed by atoms with van der Waals surface area (Å²) in [6.07, 6.45) is 17.1. The number of hydrogen-bond acceptors (Lipinski definition) is 3. The zero-order chi connectivity index (χ0) is 22.7. The van der Waals surface area contributed by atoms with Gasteiger partial charge in [-0.15, -0.1) is 0 Å². The molecule has 1 aromatic carbocycles. The van der Waals surface area contributed by atoms with Gasteiger partial charge < -0.3 is 15.7 Å². The van der Waals surface area contributed by atoms with E-state index in [2.05, 4.69) is 17.6 Å². The molecule has 0 spiro atoms. The number of rotatable bonds is 18. The molecule has 6 nitrogen and oxygen atoms in total. The van der Waals surface area contributed by atoms with Crippen LogP contribution in [0.5, 0.6) is 0 Å². The van der Waals surface area contributed by atoms with Crippen LogP contribution in [0.25, 0.3) is 0 Å². The second-order valence-electron chi connectivity index (χ2n) is 8.19. The zero-order valence-corrected chi connectivity index (χ0v) is 19.1. The summed E-state index contributed by atoms with van der Waals surface area (Å²) < 4.78 is 0. The smallest absolute Gasteiger partial charge is 0.322 e. The number of carbonyl (C=O) groups is 3. The van der Waals surface area contributed by atoms with Gasteiger partial charge in [0.05, 0.1) is 0 Å². The minimum absolute atomic E-state index is 0.0221. The topological polar surface area (TPSA) is 95.5 Å². The lowest BCUT2D eigenvalue weighted by atomic mass is 10.0. The third-order valence-corrected chi connectivity index (χ3v) is 5.34. The molecular weight excluding hydrogens is 392 g/mol. The van der Waals surface area contributed by atoms with Gasteiger partial charge in [0.25, 0.3) is 5.91 Å². The van der Waals surface area contributed by atoms with Crippen LogP contribution in [0, 0.1) is 0 Å². The van der Waals surface area contributed by atoms with Crippen LogP contribution >= 0.6 is 0 Å². The van der Waals surface area contributed by atoms with E-state index in [-0.39, 0.29) is 5.91 Å². The Morgan fingerprint density at radius 1 is 0.742 bits per heavy atom. The fraction of sp³-hybridized carbons (Fsp3) is 0.640. The van der Waals surface area contributed by atoms with Gasteiger partial charge in [-0.25, -0.2) is 0 Å². The maximum absolute atomic E-state index is 12.1. The maximum Gasteiger partial charge on any atom is 0.322 e. The average molecular weight is 433 g/mol. The van der Waals surface area contributed by atoms with Gasteiger partial charge in [0, 0.05) is 17.7 Å². The minimum Gasteiger partial charge on any atom is -0.480 e. The van der Waals surface area contributed by atoms with Gasteiger partial charge >= 0.3 is 5.97 Å². The average Bonchev–Trinajstić information content (AvgIpc) is 2.75. The summed E-state index contributed by atoms with van der Waals surface area (Å²) in [7, 11) is 0. The molecule has 174 valence electrons. The largest absolute Gasteiger partial charge is 0.480 e. The van der Waals surface area contributed by atoms with Crippen LogP contribution in [0.1, 0.15) is 107 Å². The number of anilines is 1. The minimum atomic E-state index is -1.09. The second-order valence-corrected chi connectivity index (χ2v) is 8.19. The Bertz CT molecular complexity index is 643. The van der Waals surface area contributed by atoms with E-state index in [1.165, 1.54) is 70.6 Å². The molecule has 0 heterocycles. The molecule has 6 heteroatoms. The number of benzene rings is 1. The van der Waals surface area contributed by atoms with E-state index in [9.17, 15) is 14.4 Å². The van der Waals surface area contributed by atoms with Gasteiger partial charge in [-0.3, -0.25) is 14.4 Å². The van der Waals surface area contributed by atoms with Crippen LogP contribution in [0.3, 0.4) is 0 Å². The Labute approximate surface area is 187 Å². The Balaban J connectivity index is 2.03. The van der Waals surface area contributed by atoms with Crippen LogP contribution in [0.15, 0.2) is 24.3 Å². The molecule has 0 saturated heterocycles. The molecule has 0 aromatic heterocycles. The first kappa shape index (κ1) is 26.7. The van der Waals surface area contributed by atoms with Gasteiger partial charge in [0.2, 0.25) is 5.91 Å². The van der Waals surface area contributed by atoms with Crippen molar-refractivity contribution in [3.8, 4) is 0 Å². The summed E-state index contributed by atoms with van der Waals surface area (Å²) in [5, 5.41) is 13.7. The molecule has 0 aliphatic rings. The fourth-order valence-corrected chi connectivity index (χ4v) is 3.49. The van der Waals surface area contributed by atoms with E-state index in [1.54, 1.807) is 24.3 Å². The molecule has 3 N–H and O–H groups in total. The molecule has 0 radical (unpaired) electrons. The highest BCUT2D eigenvalue weighted by Crippen LogP contribution is 2.14. The Kier molecular flexibility index (Phi) is 14.9. The van der Waals surface area contributed by atoms with Crippen molar-refractivity contribution in [2.75, 3.05) is 11.9 Å². The molecule has 0 unspecified atom stereocenters. The molecule has 1 rings (SSSR count). The molecule has 0 atom stereocenters. The molecule has 0 aliphatic heterocycles. The molecule has 0 bridgehead atoms. The van der Waals surface area contributed by atoms with Gasteiger partial charge in [-0.05, 0) is 30.7 Å². The van der Waals surface area contributed by atoms with E-state index in [0.29, 0.717) is 17.7 Å². The van der Waals surface area contributed by atoms with Crippen molar-refractivity contribution in [1.29, 1.82) is 0 Å². The van der Waals surface area contributed by atoms with Crippen molar-refractivity contribution in [3.05, 3.63) is 29.8 Å². The van der Waals surface area contributed by atoms with Crippen molar-refractivity contribution < 1.29 is 19.5 Å². The number of aliphatic carboxylic acids is 1. The summed E-state index contributed by atoms with van der Waals surface area (Å²) >= 11 is 0. The van der Waals surface area contributed by atoms with E-state index >= 15 is 0 Å². The van der Waals surface area contributed by atoms with Crippen LogP contribution in [0.2, 0.25) is 0 Å². The van der Waals surface area contributed by atoms with Crippen LogP contribution < -0.4 is 10.6 Å². The van der Waals surface area contributed by atoms with Crippen LogP contribution in [-0.2, 0) is 9.59 Å². The van der Waals surface area contributed by atoms with Crippen LogP contribution in [-0.4, -0.2) is 29.4 Å². The van der Waals surface area contributed by atoms with Crippen LogP contribution in [0.4, 0.5) is 5.69 Å². The molecular formula is C25H40N2O4. The van der Waals surface area contributed by atoms with E-state index < -0.39 is 18.4 Å². The first-order valence-corrected chi connectivity index (χ1v) is 11.9. The lowest BCUT2D eigenvalue weighted by Crippen LogP contribution is -2.29. The Morgan fingerprint density at radius 3 is 1.71 bits per heavy atom. The second kappa shape index (κ2) is 17.3. The standard InChI is InChI=1S/C25H40N2O4/c1-2-3-4-5-6-7-8-9-10-11-12-13-14-15-23(28)27-22-18-16-21(17-19-22)25(31)26-20-24(29)30/h16-19H,2-15,20H2,1H3,(H,26,31)(H,27,28)(H,29,30). The number of carboxylic acid groups (broad SMARTS) is 1. The monoisotopic (exact) mass is 432 g/mol. The number of unbranched alkanes of at least 4 members (excludes halogenated alkanes) is 12. The lowest BCUT2D eigenvalue weighted by Gasteiger charge is -2.07. The van der Waals surface area contributed by atoms with Gasteiger partial charge in [0.1, 0.15) is 6.54 Å². The molecule has 1 aromatic rings. The quantitative estimate of drug-likeness (QED) is 0.251. The third-order valence-electron chi connectivity index (χ3n) is 5.34. The third kappa shape index (κ3) is 14.3. The van der Waals surface area contributed by atoms with Gasteiger partial charge in [-0.1, -0.05) is 84.0 Å². The first-order chi connectivity index (χ1) is 15.0. The number of nitrogens with one attached hydrogen (secondary N) is 2. The number of carbonyl (C=O) groups excluding carboxylic acids is 2. The zero-order valence-electron chi connectivity index (χ0n) is 19.1. The van der Waals surface area contributed by atoms with E-state index in [1.807, 2.05) is 0 Å². The predicted octanol–water partition coefficient (Wildman–Crippen LogP) is 5.92. The number of hydrogen-bond donors (Lipinski definition) is 3. The van der Waals surface area contributed by atoms with Crippen molar-refractivity contribution in [2.45, 2.75) is 96.8 Å². The molecule has 31 heavy (non-hydrogen) atoms. The lowest BCUT2D eigenvalue weighted by molar-refractivity contribution is -0.135. The van der Waals surface area contributed by atoms with E-state index in [4.69, 9.17) is 5.11 Å². The highest BCUT2D eigenvalue weighted by atomic mass is 16.4. The molecule has 0 aliphatic carbocycles. The molecule has 2 amide bonds. The van der Waals surface area contributed by atoms with Crippen molar-refractivity contribution >= 4 is 23.5 Å². The summed E-state index contributed by atoms with van der Waals surface area (Å²) in [5.41, 5.74) is 0.991. The predicted molar refractivity (Wildman–Crippen MR) is 125 cm³/mol. The number of amides is 2. The summed E-state index contributed by atoms with van der Waals surface area (Å²) in [6.45, 7) is 1.83. The highest BCUT2D eigenvalue weighted by molar-refractivity contribution is 5.97. The SMILES string of the molecule is CCCCCCCCCCCCCCCC(=O)Nc1ccc(C(=O)NCC(=O)O)cc1. The maximum atomic E-state index is 12.1. The molecule has 0 saturated carbocycles. The fourth-order valence-electron chi connectivity index (χ4n) is 3.49. The molecule has 0 fully saturated rings. The summed E-state index contributed by atoms with van der Waals surface area (Å²) in [5.74, 6) is -1.57.